The van der Waals surface area contributed by atoms with Gasteiger partial charge in [0.25, 0.3) is 0 Å². The predicted molar refractivity (Wildman–Crippen MR) is 77.6 cm³/mol. The molecule has 0 atom stereocenters. The Morgan fingerprint density at radius 1 is 1.37 bits per heavy atom. The zero-order chi connectivity index (χ0) is 14.1. The molecule has 19 heavy (non-hydrogen) atoms. The standard InChI is InChI=1S/C14H21NO3S/c1-11-12(5-4-6-13(11)18-2)15-9-14(7-8-14)10-19(3,16)17/h4-6,15H,7-10H2,1-3H3. The van der Waals surface area contributed by atoms with Crippen LogP contribution in [0.3, 0.4) is 0 Å². The van der Waals surface area contributed by atoms with Gasteiger partial charge in [0.05, 0.1) is 12.9 Å². The minimum Gasteiger partial charge on any atom is -0.496 e. The smallest absolute Gasteiger partial charge is 0.148 e. The molecule has 1 aliphatic carbocycles. The molecule has 1 saturated carbocycles. The van der Waals surface area contributed by atoms with E-state index in [1.54, 1.807) is 7.11 Å². The topological polar surface area (TPSA) is 55.4 Å². The average molecular weight is 283 g/mol. The Labute approximate surface area is 115 Å². The Balaban J connectivity index is 2.04. The minimum atomic E-state index is -2.91. The summed E-state index contributed by atoms with van der Waals surface area (Å²) >= 11 is 0. The van der Waals surface area contributed by atoms with Crippen LogP contribution < -0.4 is 10.1 Å². The van der Waals surface area contributed by atoms with E-state index in [2.05, 4.69) is 5.32 Å². The maximum Gasteiger partial charge on any atom is 0.148 e. The lowest BCUT2D eigenvalue weighted by molar-refractivity contribution is 0.412. The lowest BCUT2D eigenvalue weighted by Gasteiger charge is -2.18. The molecular weight excluding hydrogens is 262 g/mol. The van der Waals surface area contributed by atoms with E-state index < -0.39 is 9.84 Å². The minimum absolute atomic E-state index is 0.0664. The van der Waals surface area contributed by atoms with E-state index in [1.165, 1.54) is 6.26 Å². The van der Waals surface area contributed by atoms with E-state index >= 15 is 0 Å². The van der Waals surface area contributed by atoms with E-state index in [0.717, 1.165) is 29.8 Å². The summed E-state index contributed by atoms with van der Waals surface area (Å²) in [5, 5.41) is 3.37. The van der Waals surface area contributed by atoms with Crippen LogP contribution in [0, 0.1) is 12.3 Å². The van der Waals surface area contributed by atoms with Gasteiger partial charge in [-0.05, 0) is 31.9 Å². The van der Waals surface area contributed by atoms with E-state index in [1.807, 2.05) is 25.1 Å². The first-order chi connectivity index (χ1) is 8.85. The van der Waals surface area contributed by atoms with Crippen molar-refractivity contribution in [3.63, 3.8) is 0 Å². The molecule has 4 nitrogen and oxygen atoms in total. The van der Waals surface area contributed by atoms with Crippen LogP contribution in [-0.4, -0.2) is 34.1 Å². The van der Waals surface area contributed by atoms with Crippen LogP contribution in [0.1, 0.15) is 18.4 Å². The molecule has 5 heteroatoms. The molecular formula is C14H21NO3S. The quantitative estimate of drug-likeness (QED) is 0.870. The zero-order valence-electron chi connectivity index (χ0n) is 11.7. The molecule has 0 aliphatic heterocycles. The van der Waals surface area contributed by atoms with Crippen LogP contribution in [0.5, 0.6) is 5.75 Å². The van der Waals surface area contributed by atoms with Crippen LogP contribution in [0.15, 0.2) is 18.2 Å². The van der Waals surface area contributed by atoms with Gasteiger partial charge in [-0.2, -0.15) is 0 Å². The fourth-order valence-corrected chi connectivity index (χ4v) is 3.92. The van der Waals surface area contributed by atoms with E-state index in [-0.39, 0.29) is 11.2 Å². The molecule has 0 saturated heterocycles. The van der Waals surface area contributed by atoms with Crippen molar-refractivity contribution < 1.29 is 13.2 Å². The van der Waals surface area contributed by atoms with Crippen LogP contribution in [0.2, 0.25) is 0 Å². The third-order valence-corrected chi connectivity index (χ3v) is 4.82. The highest BCUT2D eigenvalue weighted by Gasteiger charge is 2.44. The van der Waals surface area contributed by atoms with Gasteiger partial charge in [-0.3, -0.25) is 0 Å². The van der Waals surface area contributed by atoms with E-state index in [9.17, 15) is 8.42 Å². The van der Waals surface area contributed by atoms with Gasteiger partial charge in [0.2, 0.25) is 0 Å². The first kappa shape index (κ1) is 14.2. The summed E-state index contributed by atoms with van der Waals surface area (Å²) in [5.74, 6) is 1.12. The Hall–Kier alpha value is -1.23. The van der Waals surface area contributed by atoms with Crippen LogP contribution >= 0.6 is 0 Å². The molecule has 2 rings (SSSR count). The number of benzene rings is 1. The van der Waals surface area contributed by atoms with Crippen molar-refractivity contribution >= 4 is 15.5 Å². The van der Waals surface area contributed by atoms with Crippen LogP contribution in [0.25, 0.3) is 0 Å². The SMILES string of the molecule is COc1cccc(NCC2(CS(C)(=O)=O)CC2)c1C. The predicted octanol–water partition coefficient (Wildman–Crippen LogP) is 2.24. The number of ether oxygens (including phenoxy) is 1. The maximum atomic E-state index is 11.4. The molecule has 0 amide bonds. The van der Waals surface area contributed by atoms with E-state index in [4.69, 9.17) is 4.74 Å². The largest absolute Gasteiger partial charge is 0.496 e. The highest BCUT2D eigenvalue weighted by molar-refractivity contribution is 7.90. The van der Waals surface area contributed by atoms with Gasteiger partial charge >= 0.3 is 0 Å². The molecule has 0 unspecified atom stereocenters. The molecule has 106 valence electrons. The molecule has 0 spiro atoms. The van der Waals surface area contributed by atoms with Gasteiger partial charge in [-0.15, -0.1) is 0 Å². The summed E-state index contributed by atoms with van der Waals surface area (Å²) in [6.07, 6.45) is 3.27. The molecule has 0 bridgehead atoms. The molecule has 1 aromatic carbocycles. The second-order valence-corrected chi connectivity index (χ2v) is 7.70. The second-order valence-electron chi connectivity index (χ2n) is 5.56. The molecule has 1 fully saturated rings. The first-order valence-electron chi connectivity index (χ1n) is 6.40. The van der Waals surface area contributed by atoms with Crippen LogP contribution in [0.4, 0.5) is 5.69 Å². The lowest BCUT2D eigenvalue weighted by Crippen LogP contribution is -2.24. The Morgan fingerprint density at radius 2 is 2.05 bits per heavy atom. The van der Waals surface area contributed by atoms with Crippen molar-refractivity contribution in [2.24, 2.45) is 5.41 Å². The van der Waals surface area contributed by atoms with Gasteiger partial charge in [-0.1, -0.05) is 6.07 Å². The summed E-state index contributed by atoms with van der Waals surface area (Å²) in [6.45, 7) is 2.70. The van der Waals surface area contributed by atoms with Crippen LogP contribution in [-0.2, 0) is 9.84 Å². The van der Waals surface area contributed by atoms with Crippen molar-refractivity contribution in [1.29, 1.82) is 0 Å². The molecule has 0 heterocycles. The lowest BCUT2D eigenvalue weighted by atomic mass is 10.1. The number of nitrogens with one attached hydrogen (secondary N) is 1. The second kappa shape index (κ2) is 5.04. The highest BCUT2D eigenvalue weighted by atomic mass is 32.2. The normalized spacial score (nSPS) is 17.0. The number of sulfone groups is 1. The summed E-state index contributed by atoms with van der Waals surface area (Å²) < 4.78 is 28.1. The van der Waals surface area contributed by atoms with Crippen molar-refractivity contribution in [3.05, 3.63) is 23.8 Å². The van der Waals surface area contributed by atoms with Gasteiger partial charge in [0.1, 0.15) is 15.6 Å². The average Bonchev–Trinajstić information content (AvgIpc) is 3.05. The summed E-state index contributed by atoms with van der Waals surface area (Å²) in [7, 11) is -1.26. The number of anilines is 1. The van der Waals surface area contributed by atoms with Crippen molar-refractivity contribution in [1.82, 2.24) is 0 Å². The number of hydrogen-bond donors (Lipinski definition) is 1. The van der Waals surface area contributed by atoms with Gasteiger partial charge in [0.15, 0.2) is 0 Å². The number of rotatable bonds is 6. The highest BCUT2D eigenvalue weighted by Crippen LogP contribution is 2.46. The summed E-state index contributed by atoms with van der Waals surface area (Å²) in [4.78, 5) is 0. The van der Waals surface area contributed by atoms with Gasteiger partial charge < -0.3 is 10.1 Å². The van der Waals surface area contributed by atoms with Crippen molar-refractivity contribution in [3.8, 4) is 5.75 Å². The van der Waals surface area contributed by atoms with Crippen molar-refractivity contribution in [2.45, 2.75) is 19.8 Å². The monoisotopic (exact) mass is 283 g/mol. The molecule has 1 N–H and O–H groups in total. The molecule has 0 aromatic heterocycles. The van der Waals surface area contributed by atoms with Gasteiger partial charge in [0, 0.05) is 29.5 Å². The Morgan fingerprint density at radius 3 is 2.58 bits per heavy atom. The fraction of sp³-hybridized carbons (Fsp3) is 0.571. The Kier molecular flexibility index (Phi) is 3.76. The molecule has 1 aliphatic rings. The molecule has 1 aromatic rings. The number of hydrogen-bond acceptors (Lipinski definition) is 4. The molecule has 0 radical (unpaired) electrons. The first-order valence-corrected chi connectivity index (χ1v) is 8.46. The summed E-state index contributed by atoms with van der Waals surface area (Å²) in [5.41, 5.74) is 2.00. The maximum absolute atomic E-state index is 11.4. The summed E-state index contributed by atoms with van der Waals surface area (Å²) in [6, 6.07) is 5.85. The third kappa shape index (κ3) is 3.62. The van der Waals surface area contributed by atoms with Crippen molar-refractivity contribution in [2.75, 3.05) is 31.0 Å². The number of methoxy groups -OCH3 is 1. The third-order valence-electron chi connectivity index (χ3n) is 3.68. The van der Waals surface area contributed by atoms with Gasteiger partial charge in [-0.25, -0.2) is 8.42 Å². The zero-order valence-corrected chi connectivity index (χ0v) is 12.5. The fourth-order valence-electron chi connectivity index (χ4n) is 2.41. The Bertz CT molecular complexity index is 562. The van der Waals surface area contributed by atoms with E-state index in [0.29, 0.717) is 6.54 Å².